The third-order valence-electron chi connectivity index (χ3n) is 1.51. The molecule has 1 radical (unpaired) electrons. The second-order valence-corrected chi connectivity index (χ2v) is 4.67. The molecular weight excluding hydrogens is 262 g/mol. The Morgan fingerprint density at radius 3 is 2.39 bits per heavy atom. The quantitative estimate of drug-likeness (QED) is 0.507. The summed E-state index contributed by atoms with van der Waals surface area (Å²) in [4.78, 5) is 32.2. The maximum atomic E-state index is 11.2. The highest BCUT2D eigenvalue weighted by molar-refractivity contribution is 8.00. The Morgan fingerprint density at radius 1 is 1.33 bits per heavy atom. The minimum absolute atomic E-state index is 0.00252. The normalized spacial score (nSPS) is 12.2. The van der Waals surface area contributed by atoms with Crippen LogP contribution in [0.5, 0.6) is 0 Å². The van der Waals surface area contributed by atoms with E-state index in [0.717, 1.165) is 11.8 Å². The van der Waals surface area contributed by atoms with Crippen molar-refractivity contribution in [2.75, 3.05) is 12.4 Å². The van der Waals surface area contributed by atoms with Crippen LogP contribution in [-0.4, -0.2) is 51.9 Å². The van der Waals surface area contributed by atoms with Gasteiger partial charge < -0.3 is 20.3 Å². The molecule has 103 valence electrons. The molecule has 0 aliphatic rings. The Kier molecular flexibility index (Phi) is 8.14. The highest BCUT2D eigenvalue weighted by atomic mass is 32.2. The molecule has 0 aliphatic heterocycles. The van der Waals surface area contributed by atoms with Gasteiger partial charge in [-0.25, -0.2) is 9.59 Å². The van der Waals surface area contributed by atoms with Crippen molar-refractivity contribution in [2.24, 2.45) is 0 Å². The summed E-state index contributed by atoms with van der Waals surface area (Å²) < 4.78 is 4.64. The summed E-state index contributed by atoms with van der Waals surface area (Å²) in [7, 11) is 0. The Bertz CT molecular complexity index is 307. The second kappa shape index (κ2) is 8.76. The van der Waals surface area contributed by atoms with Gasteiger partial charge in [0.05, 0.1) is 6.42 Å². The Hall–Kier alpha value is -1.28. The van der Waals surface area contributed by atoms with Gasteiger partial charge in [-0.2, -0.15) is 0 Å². The van der Waals surface area contributed by atoms with Crippen molar-refractivity contribution in [1.82, 2.24) is 5.32 Å². The van der Waals surface area contributed by atoms with Crippen LogP contribution in [0.4, 0.5) is 0 Å². The molecule has 0 aromatic carbocycles. The molecule has 0 rings (SSSR count). The van der Waals surface area contributed by atoms with Crippen LogP contribution in [0.25, 0.3) is 0 Å². The lowest BCUT2D eigenvalue weighted by atomic mass is 10.3. The number of hydrogen-bond donors (Lipinski definition) is 3. The molecule has 3 N–H and O–H groups in total. The van der Waals surface area contributed by atoms with Crippen LogP contribution in [-0.2, 0) is 19.1 Å². The number of ether oxygens (including phenoxy) is 1. The van der Waals surface area contributed by atoms with Crippen molar-refractivity contribution < 1.29 is 29.3 Å². The maximum absolute atomic E-state index is 11.2. The first-order valence-corrected chi connectivity index (χ1v) is 6.19. The van der Waals surface area contributed by atoms with E-state index in [1.807, 2.05) is 0 Å². The molecular formula is C10H16NO6S. The van der Waals surface area contributed by atoms with Crippen LogP contribution in [0.1, 0.15) is 13.8 Å². The number of carbonyl (C=O) groups excluding carboxylic acids is 1. The summed E-state index contributed by atoms with van der Waals surface area (Å²) in [6.07, 6.45) is 1.28. The second-order valence-electron chi connectivity index (χ2n) is 3.58. The van der Waals surface area contributed by atoms with E-state index in [0.29, 0.717) is 0 Å². The molecule has 7 nitrogen and oxygen atoms in total. The van der Waals surface area contributed by atoms with E-state index in [2.05, 4.69) is 10.1 Å². The lowest BCUT2D eigenvalue weighted by molar-refractivity contribution is -0.150. The highest BCUT2D eigenvalue weighted by Gasteiger charge is 2.20. The first kappa shape index (κ1) is 16.7. The predicted octanol–water partition coefficient (Wildman–Crippen LogP) is -0.0396. The topological polar surface area (TPSA) is 113 Å². The van der Waals surface area contributed by atoms with Gasteiger partial charge in [0.15, 0.2) is 0 Å². The van der Waals surface area contributed by atoms with Crippen LogP contribution >= 0.6 is 11.8 Å². The smallest absolute Gasteiger partial charge is 0.343 e. The summed E-state index contributed by atoms with van der Waals surface area (Å²) in [6.45, 7) is 2.91. The lowest BCUT2D eigenvalue weighted by Gasteiger charge is -2.12. The van der Waals surface area contributed by atoms with Gasteiger partial charge in [0.2, 0.25) is 11.3 Å². The van der Waals surface area contributed by atoms with Crippen LogP contribution in [0, 0.1) is 6.42 Å². The number of carbonyl (C=O) groups is 3. The molecule has 1 unspecified atom stereocenters. The molecule has 18 heavy (non-hydrogen) atoms. The van der Waals surface area contributed by atoms with Gasteiger partial charge in [0.1, 0.15) is 6.61 Å². The fourth-order valence-corrected chi connectivity index (χ4v) is 1.62. The molecule has 0 saturated heterocycles. The molecule has 1 amide bonds. The van der Waals surface area contributed by atoms with Crippen molar-refractivity contribution in [3.05, 3.63) is 6.42 Å². The molecule has 0 aromatic heterocycles. The monoisotopic (exact) mass is 278 g/mol. The Morgan fingerprint density at radius 2 is 1.94 bits per heavy atom. The van der Waals surface area contributed by atoms with Gasteiger partial charge in [0.25, 0.3) is 0 Å². The maximum Gasteiger partial charge on any atom is 0.343 e. The molecule has 0 aliphatic carbocycles. The van der Waals surface area contributed by atoms with E-state index in [1.54, 1.807) is 13.8 Å². The minimum Gasteiger partial charge on any atom is -0.480 e. The van der Waals surface area contributed by atoms with Gasteiger partial charge in [0, 0.05) is 11.8 Å². The molecule has 0 saturated carbocycles. The van der Waals surface area contributed by atoms with E-state index < -0.39 is 24.0 Å². The average Bonchev–Trinajstić information content (AvgIpc) is 2.20. The van der Waals surface area contributed by atoms with Gasteiger partial charge in [-0.3, -0.25) is 4.79 Å². The van der Waals surface area contributed by atoms with E-state index >= 15 is 0 Å². The molecule has 0 spiro atoms. The summed E-state index contributed by atoms with van der Waals surface area (Å²) in [5, 5.41) is 19.7. The van der Waals surface area contributed by atoms with Crippen LogP contribution < -0.4 is 5.32 Å². The zero-order chi connectivity index (χ0) is 14.1. The third-order valence-corrected chi connectivity index (χ3v) is 2.51. The Labute approximate surface area is 109 Å². The number of nitrogens with one attached hydrogen (secondary N) is 1. The van der Waals surface area contributed by atoms with Gasteiger partial charge in [-0.05, 0) is 13.8 Å². The Balaban J connectivity index is 3.93. The summed E-state index contributed by atoms with van der Waals surface area (Å²) in [6, 6.07) is -0.00252. The van der Waals surface area contributed by atoms with Gasteiger partial charge in [-0.15, -0.1) is 11.8 Å². The lowest BCUT2D eigenvalue weighted by Crippen LogP contribution is -2.31. The average molecular weight is 278 g/mol. The number of aliphatic carboxylic acids is 2. The van der Waals surface area contributed by atoms with Crippen molar-refractivity contribution in [2.45, 2.75) is 25.3 Å². The van der Waals surface area contributed by atoms with Gasteiger partial charge >= 0.3 is 11.9 Å². The molecule has 1 atom stereocenters. The van der Waals surface area contributed by atoms with Gasteiger partial charge in [-0.1, -0.05) is 0 Å². The zero-order valence-corrected chi connectivity index (χ0v) is 10.9. The molecule has 0 fully saturated rings. The summed E-state index contributed by atoms with van der Waals surface area (Å²) >= 11 is 0.826. The number of carboxylic acid groups (broad SMARTS) is 2. The van der Waals surface area contributed by atoms with Crippen molar-refractivity contribution in [3.63, 3.8) is 0 Å². The first-order chi connectivity index (χ1) is 8.32. The van der Waals surface area contributed by atoms with E-state index in [-0.39, 0.29) is 17.7 Å². The molecule has 0 bridgehead atoms. The van der Waals surface area contributed by atoms with Crippen molar-refractivity contribution in [1.29, 1.82) is 0 Å². The number of rotatable bonds is 9. The number of hydrogen-bond acceptors (Lipinski definition) is 5. The zero-order valence-electron chi connectivity index (χ0n) is 10.1. The number of amides is 1. The predicted molar refractivity (Wildman–Crippen MR) is 65.0 cm³/mol. The number of carboxylic acids is 2. The van der Waals surface area contributed by atoms with Crippen LogP contribution in [0.15, 0.2) is 0 Å². The van der Waals surface area contributed by atoms with Crippen molar-refractivity contribution in [3.8, 4) is 0 Å². The minimum atomic E-state index is -1.30. The molecule has 0 aromatic rings. The van der Waals surface area contributed by atoms with Crippen molar-refractivity contribution >= 4 is 29.6 Å². The molecule has 8 heteroatoms. The first-order valence-electron chi connectivity index (χ1n) is 5.14. The van der Waals surface area contributed by atoms with Crippen LogP contribution in [0.2, 0.25) is 0 Å². The molecule has 0 heterocycles. The largest absolute Gasteiger partial charge is 0.480 e. The standard InChI is InChI=1S/C10H16NO6S/c1-6(2)11-7(12)3-4-18-10(9(15)16)17-5-8(13)14/h3,6,10H,4-5H2,1-2H3,(H,11,12)(H,13,14)(H,15,16). The fourth-order valence-electron chi connectivity index (χ4n) is 0.892. The number of thioether (sulfide) groups is 1. The van der Waals surface area contributed by atoms with E-state index in [9.17, 15) is 14.4 Å². The van der Waals surface area contributed by atoms with E-state index in [1.165, 1.54) is 6.42 Å². The van der Waals surface area contributed by atoms with Crippen LogP contribution in [0.3, 0.4) is 0 Å². The third kappa shape index (κ3) is 8.82. The summed E-state index contributed by atoms with van der Waals surface area (Å²) in [5.41, 5.74) is -1.30. The summed E-state index contributed by atoms with van der Waals surface area (Å²) in [5.74, 6) is -2.71. The highest BCUT2D eigenvalue weighted by Crippen LogP contribution is 2.13. The SMILES string of the molecule is CC(C)NC(=O)[CH]CSC(OCC(=O)O)C(=O)O. The van der Waals surface area contributed by atoms with E-state index in [4.69, 9.17) is 10.2 Å². The fraction of sp³-hybridized carbons (Fsp3) is 0.600.